The van der Waals surface area contributed by atoms with Gasteiger partial charge in [0.15, 0.2) is 0 Å². The molecule has 4 aliphatic rings. The Hall–Kier alpha value is -3.99. The summed E-state index contributed by atoms with van der Waals surface area (Å²) in [7, 11) is -1.76. The highest BCUT2D eigenvalue weighted by Crippen LogP contribution is 2.47. The molecule has 2 bridgehead atoms. The number of anilines is 1. The van der Waals surface area contributed by atoms with Crippen molar-refractivity contribution in [3.05, 3.63) is 107 Å². The number of methoxy groups -OCH3 is 1. The van der Waals surface area contributed by atoms with Gasteiger partial charge in [0.1, 0.15) is 15.7 Å². The topological polar surface area (TPSA) is 118 Å². The number of nitrogens with zero attached hydrogens (tertiary/aromatic N) is 2. The minimum atomic E-state index is -3.52. The van der Waals surface area contributed by atoms with E-state index in [1.165, 1.54) is 16.7 Å². The Morgan fingerprint density at radius 3 is 2.76 bits per heavy atom. The van der Waals surface area contributed by atoms with Gasteiger partial charge in [0, 0.05) is 31.2 Å². The van der Waals surface area contributed by atoms with E-state index >= 15 is 0 Å². The third-order valence-electron chi connectivity index (χ3n) is 11.3. The number of aliphatic hydroxyl groups is 1. The molecule has 2 aliphatic carbocycles. The van der Waals surface area contributed by atoms with Crippen molar-refractivity contribution in [2.24, 2.45) is 16.2 Å². The molecule has 0 unspecified atom stereocenters. The molecule has 2 heterocycles. The predicted molar refractivity (Wildman–Crippen MR) is 199 cm³/mol. The average molecular weight is 712 g/mol. The highest BCUT2D eigenvalue weighted by Gasteiger charge is 2.44. The molecular formula is C41H49N3O6S. The molecule has 10 heteroatoms. The van der Waals surface area contributed by atoms with Crippen molar-refractivity contribution >= 4 is 27.4 Å². The number of ether oxygens (including phenoxy) is 2. The van der Waals surface area contributed by atoms with Gasteiger partial charge in [-0.3, -0.25) is 14.3 Å². The largest absolute Gasteiger partial charge is 0.490 e. The van der Waals surface area contributed by atoms with Crippen LogP contribution < -0.4 is 14.4 Å². The van der Waals surface area contributed by atoms with Crippen LogP contribution in [-0.4, -0.2) is 59.8 Å². The van der Waals surface area contributed by atoms with E-state index in [1.807, 2.05) is 18.2 Å². The average Bonchev–Trinajstić information content (AvgIpc) is 3.25. The lowest BCUT2D eigenvalue weighted by Crippen LogP contribution is -2.49. The summed E-state index contributed by atoms with van der Waals surface area (Å²) in [5.41, 5.74) is 5.48. The van der Waals surface area contributed by atoms with Crippen LogP contribution in [0.25, 0.3) is 0 Å². The highest BCUT2D eigenvalue weighted by molar-refractivity contribution is 7.92. The maximum absolute atomic E-state index is 14.3. The van der Waals surface area contributed by atoms with Crippen LogP contribution in [0.1, 0.15) is 83.7 Å². The lowest BCUT2D eigenvalue weighted by molar-refractivity contribution is -0.121. The van der Waals surface area contributed by atoms with E-state index in [0.717, 1.165) is 50.9 Å². The number of nitrogens with one attached hydrogen (secondary N) is 1. The van der Waals surface area contributed by atoms with Gasteiger partial charge in [-0.1, -0.05) is 66.2 Å². The van der Waals surface area contributed by atoms with E-state index < -0.39 is 27.8 Å². The maximum Gasteiger partial charge on any atom is 0.286 e. The van der Waals surface area contributed by atoms with E-state index in [0.29, 0.717) is 42.6 Å². The van der Waals surface area contributed by atoms with Crippen LogP contribution in [0.5, 0.6) is 5.75 Å². The number of allylic oxidation sites excluding steroid dienone is 1. The fourth-order valence-corrected chi connectivity index (χ4v) is 10.1. The van der Waals surface area contributed by atoms with E-state index in [4.69, 9.17) is 9.47 Å². The summed E-state index contributed by atoms with van der Waals surface area (Å²) in [5.74, 6) is 0.161. The number of benzene rings is 3. The normalized spacial score (nSPS) is 28.9. The van der Waals surface area contributed by atoms with Gasteiger partial charge >= 0.3 is 0 Å². The summed E-state index contributed by atoms with van der Waals surface area (Å²) >= 11 is 0. The smallest absolute Gasteiger partial charge is 0.286 e. The zero-order valence-electron chi connectivity index (χ0n) is 29.6. The van der Waals surface area contributed by atoms with Crippen LogP contribution in [0.3, 0.4) is 0 Å². The first-order valence-corrected chi connectivity index (χ1v) is 20.0. The minimum Gasteiger partial charge on any atom is -0.490 e. The molecule has 2 aliphatic heterocycles. The quantitative estimate of drug-likeness (QED) is 0.286. The summed E-state index contributed by atoms with van der Waals surface area (Å²) in [4.78, 5) is 29.4. The number of hydrogen-bond acceptors (Lipinski definition) is 7. The SMILES string of the molecule is CO[C@H]1/C=C/CCC[S@@](=O)(NC(=O)C[C@H](O)c2ccccc2)=NC(=O)c2ccc3c(c2)N(C[C@@H]2CC[C@H]21)C[C@@]1(CCCc2cc(C)ccc21)CO3. The molecule has 1 spiro atoms. The molecule has 270 valence electrons. The third kappa shape index (κ3) is 7.64. The molecule has 0 aromatic heterocycles. The Morgan fingerprint density at radius 1 is 1.14 bits per heavy atom. The Kier molecular flexibility index (Phi) is 10.4. The Balaban J connectivity index is 1.24. The fraction of sp³-hybridized carbons (Fsp3) is 0.463. The number of fused-ring (bicyclic) bond motifs is 4. The lowest BCUT2D eigenvalue weighted by Gasteiger charge is -2.46. The third-order valence-corrected chi connectivity index (χ3v) is 13.1. The maximum atomic E-state index is 14.3. The van der Waals surface area contributed by atoms with Gasteiger partial charge in [-0.25, -0.2) is 4.21 Å². The molecule has 1 fully saturated rings. The van der Waals surface area contributed by atoms with Gasteiger partial charge in [-0.05, 0) is 98.6 Å². The van der Waals surface area contributed by atoms with Gasteiger partial charge in [-0.2, -0.15) is 0 Å². The van der Waals surface area contributed by atoms with E-state index in [-0.39, 0.29) is 29.3 Å². The number of hydrogen-bond donors (Lipinski definition) is 2. The van der Waals surface area contributed by atoms with Gasteiger partial charge in [0.05, 0.1) is 36.7 Å². The first-order chi connectivity index (χ1) is 24.6. The van der Waals surface area contributed by atoms with Crippen LogP contribution in [-0.2, 0) is 31.3 Å². The minimum absolute atomic E-state index is 0.0124. The van der Waals surface area contributed by atoms with Crippen LogP contribution in [0, 0.1) is 18.8 Å². The molecule has 51 heavy (non-hydrogen) atoms. The van der Waals surface area contributed by atoms with E-state index in [9.17, 15) is 18.9 Å². The van der Waals surface area contributed by atoms with Gasteiger partial charge < -0.3 is 19.5 Å². The Morgan fingerprint density at radius 2 is 1.98 bits per heavy atom. The summed E-state index contributed by atoms with van der Waals surface area (Å²) in [5, 5.41) is 10.7. The number of amides is 2. The molecule has 0 saturated heterocycles. The van der Waals surface area contributed by atoms with E-state index in [1.54, 1.807) is 37.4 Å². The van der Waals surface area contributed by atoms with Gasteiger partial charge in [-0.15, -0.1) is 4.36 Å². The second-order valence-electron chi connectivity index (χ2n) is 14.8. The summed E-state index contributed by atoms with van der Waals surface area (Å²) in [6.07, 6.45) is 9.06. The van der Waals surface area contributed by atoms with Crippen molar-refractivity contribution in [1.29, 1.82) is 0 Å². The van der Waals surface area contributed by atoms with Crippen molar-refractivity contribution in [3.8, 4) is 5.75 Å². The van der Waals surface area contributed by atoms with Gasteiger partial charge in [0.2, 0.25) is 5.91 Å². The van der Waals surface area contributed by atoms with Crippen LogP contribution in [0.15, 0.2) is 83.2 Å². The van der Waals surface area contributed by atoms with Crippen molar-refractivity contribution in [1.82, 2.24) is 4.72 Å². The second kappa shape index (κ2) is 14.9. The predicted octanol–water partition coefficient (Wildman–Crippen LogP) is 6.62. The first kappa shape index (κ1) is 35.4. The first-order valence-electron chi connectivity index (χ1n) is 18.3. The molecular weight excluding hydrogens is 663 g/mol. The van der Waals surface area contributed by atoms with Crippen LogP contribution in [0.4, 0.5) is 5.69 Å². The fourth-order valence-electron chi connectivity index (χ4n) is 8.46. The van der Waals surface area contributed by atoms with Crippen LogP contribution >= 0.6 is 0 Å². The number of rotatable bonds is 5. The van der Waals surface area contributed by atoms with Crippen LogP contribution in [0.2, 0.25) is 0 Å². The lowest BCUT2D eigenvalue weighted by atomic mass is 9.68. The molecule has 6 atom stereocenters. The standard InChI is InChI=1S/C41H49N3O6S/c1-28-14-18-34-30(22-28)12-9-20-41(34)26-44-25-32-15-17-33(32)37(49-2)13-7-4-8-21-51(48,42-39(46)24-36(45)29-10-5-3-6-11-29)43-40(47)31-16-19-38(50-27-41)35(44)23-31/h3,5-7,10-11,13-14,16,18-19,22-23,32-33,36-37,45H,4,8-9,12,15,17,20-21,24-27H2,1-2H3,(H,42,43,46,47,48)/b13-7+/t32-,33+,36-,37-,41-,51+/m0/s1. The second-order valence-corrected chi connectivity index (χ2v) is 16.9. The van der Waals surface area contributed by atoms with E-state index in [2.05, 4.69) is 51.3 Å². The van der Waals surface area contributed by atoms with Crippen molar-refractivity contribution in [3.63, 3.8) is 0 Å². The van der Waals surface area contributed by atoms with Crippen molar-refractivity contribution < 1.29 is 28.4 Å². The molecule has 0 radical (unpaired) electrons. The molecule has 1 saturated carbocycles. The number of carbonyl (C=O) groups is 2. The van der Waals surface area contributed by atoms with Crippen molar-refractivity contribution in [2.45, 2.75) is 75.9 Å². The Labute approximate surface area is 301 Å². The van der Waals surface area contributed by atoms with Gasteiger partial charge in [0.25, 0.3) is 5.91 Å². The molecule has 3 aromatic carbocycles. The number of aliphatic hydroxyl groups excluding tert-OH is 1. The highest BCUT2D eigenvalue weighted by atomic mass is 32.2. The molecule has 9 nitrogen and oxygen atoms in total. The molecule has 3 aromatic rings. The molecule has 2 amide bonds. The zero-order chi connectivity index (χ0) is 35.6. The zero-order valence-corrected chi connectivity index (χ0v) is 30.4. The monoisotopic (exact) mass is 711 g/mol. The molecule has 2 N–H and O–H groups in total. The van der Waals surface area contributed by atoms with Crippen molar-refractivity contribution in [2.75, 3.05) is 37.5 Å². The summed E-state index contributed by atoms with van der Waals surface area (Å²) < 4.78 is 33.7. The summed E-state index contributed by atoms with van der Waals surface area (Å²) in [6.45, 7) is 4.22. The number of aryl methyl sites for hydroxylation is 2. The Bertz CT molecular complexity index is 1920. The summed E-state index contributed by atoms with van der Waals surface area (Å²) in [6, 6.07) is 21.0. The number of carbonyl (C=O) groups excluding carboxylic acids is 2. The molecule has 7 rings (SSSR count).